The summed E-state index contributed by atoms with van der Waals surface area (Å²) in [5, 5.41) is 0. The van der Waals surface area contributed by atoms with E-state index < -0.39 is 0 Å². The standard InChI is InChI=1S/C17H18O/c1-4-14-6-5-7-17(12(14)2)16-10-8-15(9-11-16)13(3)18/h5-11H,4H2,1-3H3. The van der Waals surface area contributed by atoms with Crippen LogP contribution >= 0.6 is 0 Å². The van der Waals surface area contributed by atoms with Gasteiger partial charge in [0.2, 0.25) is 0 Å². The summed E-state index contributed by atoms with van der Waals surface area (Å²) in [4.78, 5) is 11.3. The highest BCUT2D eigenvalue weighted by atomic mass is 16.1. The molecule has 0 aliphatic carbocycles. The zero-order valence-electron chi connectivity index (χ0n) is 11.2. The highest BCUT2D eigenvalue weighted by molar-refractivity contribution is 5.94. The number of hydrogen-bond donors (Lipinski definition) is 0. The fourth-order valence-corrected chi connectivity index (χ4v) is 2.26. The van der Waals surface area contributed by atoms with Crippen molar-refractivity contribution in [3.63, 3.8) is 0 Å². The van der Waals surface area contributed by atoms with E-state index in [4.69, 9.17) is 0 Å². The third kappa shape index (κ3) is 2.35. The van der Waals surface area contributed by atoms with Gasteiger partial charge in [-0.2, -0.15) is 0 Å². The molecule has 2 aromatic carbocycles. The number of rotatable bonds is 3. The van der Waals surface area contributed by atoms with E-state index in [0.29, 0.717) is 0 Å². The van der Waals surface area contributed by atoms with Crippen molar-refractivity contribution in [1.29, 1.82) is 0 Å². The average Bonchev–Trinajstić information content (AvgIpc) is 2.39. The van der Waals surface area contributed by atoms with Crippen molar-refractivity contribution in [2.75, 3.05) is 0 Å². The fraction of sp³-hybridized carbons (Fsp3) is 0.235. The van der Waals surface area contributed by atoms with Gasteiger partial charge < -0.3 is 0 Å². The Hall–Kier alpha value is -1.89. The van der Waals surface area contributed by atoms with Crippen LogP contribution in [0.2, 0.25) is 0 Å². The van der Waals surface area contributed by atoms with Crippen molar-refractivity contribution in [2.24, 2.45) is 0 Å². The van der Waals surface area contributed by atoms with E-state index in [2.05, 4.69) is 32.0 Å². The highest BCUT2D eigenvalue weighted by Gasteiger charge is 2.05. The zero-order chi connectivity index (χ0) is 13.1. The summed E-state index contributed by atoms with van der Waals surface area (Å²) in [7, 11) is 0. The lowest BCUT2D eigenvalue weighted by Crippen LogP contribution is -1.93. The van der Waals surface area contributed by atoms with E-state index in [1.54, 1.807) is 6.92 Å². The first-order valence-corrected chi connectivity index (χ1v) is 6.33. The number of benzene rings is 2. The first-order chi connectivity index (χ1) is 8.63. The molecule has 0 heterocycles. The summed E-state index contributed by atoms with van der Waals surface area (Å²) >= 11 is 0. The summed E-state index contributed by atoms with van der Waals surface area (Å²) < 4.78 is 0. The Labute approximate surface area is 108 Å². The van der Waals surface area contributed by atoms with Crippen LogP contribution in [0.15, 0.2) is 42.5 Å². The summed E-state index contributed by atoms with van der Waals surface area (Å²) in [5.74, 6) is 0.112. The molecule has 1 heteroatoms. The molecule has 0 unspecified atom stereocenters. The SMILES string of the molecule is CCc1cccc(-c2ccc(C(C)=O)cc2)c1C. The highest BCUT2D eigenvalue weighted by Crippen LogP contribution is 2.26. The van der Waals surface area contributed by atoms with Crippen molar-refractivity contribution in [3.8, 4) is 11.1 Å². The maximum Gasteiger partial charge on any atom is 0.159 e. The van der Waals surface area contributed by atoms with Gasteiger partial charge in [0.25, 0.3) is 0 Å². The second-order valence-electron chi connectivity index (χ2n) is 4.58. The lowest BCUT2D eigenvalue weighted by Gasteiger charge is -2.10. The van der Waals surface area contributed by atoms with Gasteiger partial charge in [0, 0.05) is 5.56 Å². The summed E-state index contributed by atoms with van der Waals surface area (Å²) in [5.41, 5.74) is 5.90. The molecule has 0 saturated carbocycles. The molecule has 2 aromatic rings. The number of ketones is 1. The maximum atomic E-state index is 11.3. The lowest BCUT2D eigenvalue weighted by molar-refractivity contribution is 0.101. The molecule has 0 atom stereocenters. The van der Waals surface area contributed by atoms with Crippen LogP contribution in [0.1, 0.15) is 35.3 Å². The van der Waals surface area contributed by atoms with Crippen molar-refractivity contribution < 1.29 is 4.79 Å². The number of carbonyl (C=O) groups excluding carboxylic acids is 1. The molecule has 0 amide bonds. The molecular weight excluding hydrogens is 220 g/mol. The predicted molar refractivity (Wildman–Crippen MR) is 76.0 cm³/mol. The topological polar surface area (TPSA) is 17.1 Å². The normalized spacial score (nSPS) is 10.4. The molecule has 0 aliphatic rings. The van der Waals surface area contributed by atoms with Crippen LogP contribution in [0, 0.1) is 6.92 Å². The van der Waals surface area contributed by atoms with E-state index in [0.717, 1.165) is 12.0 Å². The minimum Gasteiger partial charge on any atom is -0.295 e. The van der Waals surface area contributed by atoms with Gasteiger partial charge in [0.15, 0.2) is 5.78 Å². The van der Waals surface area contributed by atoms with Gasteiger partial charge >= 0.3 is 0 Å². The van der Waals surface area contributed by atoms with Gasteiger partial charge in [-0.1, -0.05) is 49.4 Å². The van der Waals surface area contributed by atoms with Crippen molar-refractivity contribution in [3.05, 3.63) is 59.2 Å². The van der Waals surface area contributed by atoms with Crippen LogP contribution in [0.5, 0.6) is 0 Å². The van der Waals surface area contributed by atoms with Crippen molar-refractivity contribution >= 4 is 5.78 Å². The molecule has 92 valence electrons. The van der Waals surface area contributed by atoms with Crippen LogP contribution in [0.3, 0.4) is 0 Å². The van der Waals surface area contributed by atoms with Gasteiger partial charge in [-0.3, -0.25) is 4.79 Å². The Morgan fingerprint density at radius 1 is 1.06 bits per heavy atom. The summed E-state index contributed by atoms with van der Waals surface area (Å²) in [6, 6.07) is 14.3. The monoisotopic (exact) mass is 238 g/mol. The molecule has 0 bridgehead atoms. The molecule has 0 aromatic heterocycles. The average molecular weight is 238 g/mol. The Balaban J connectivity index is 2.46. The van der Waals surface area contributed by atoms with E-state index in [-0.39, 0.29) is 5.78 Å². The maximum absolute atomic E-state index is 11.3. The molecule has 2 rings (SSSR count). The second-order valence-corrected chi connectivity index (χ2v) is 4.58. The number of hydrogen-bond acceptors (Lipinski definition) is 1. The second kappa shape index (κ2) is 5.18. The minimum atomic E-state index is 0.112. The van der Waals surface area contributed by atoms with E-state index in [1.165, 1.54) is 22.3 Å². The minimum absolute atomic E-state index is 0.112. The van der Waals surface area contributed by atoms with Crippen molar-refractivity contribution in [2.45, 2.75) is 27.2 Å². The first-order valence-electron chi connectivity index (χ1n) is 6.33. The molecule has 0 fully saturated rings. The molecule has 0 N–H and O–H groups in total. The molecule has 1 nitrogen and oxygen atoms in total. The van der Waals surface area contributed by atoms with E-state index >= 15 is 0 Å². The number of Topliss-reactive ketones (excluding diaryl/α,β-unsaturated/α-hetero) is 1. The quantitative estimate of drug-likeness (QED) is 0.723. The number of carbonyl (C=O) groups is 1. The molecule has 0 aliphatic heterocycles. The first kappa shape index (κ1) is 12.6. The van der Waals surface area contributed by atoms with Gasteiger partial charge in [-0.05, 0) is 42.5 Å². The third-order valence-electron chi connectivity index (χ3n) is 3.43. The fourth-order valence-electron chi connectivity index (χ4n) is 2.26. The van der Waals surface area contributed by atoms with Crippen molar-refractivity contribution in [1.82, 2.24) is 0 Å². The molecule has 0 radical (unpaired) electrons. The summed E-state index contributed by atoms with van der Waals surface area (Å²) in [6.45, 7) is 5.93. The van der Waals surface area contributed by atoms with E-state index in [9.17, 15) is 4.79 Å². The smallest absolute Gasteiger partial charge is 0.159 e. The number of aryl methyl sites for hydroxylation is 1. The van der Waals surface area contributed by atoms with Crippen LogP contribution in [-0.2, 0) is 6.42 Å². The van der Waals surface area contributed by atoms with Crippen LogP contribution in [-0.4, -0.2) is 5.78 Å². The Kier molecular flexibility index (Phi) is 3.61. The third-order valence-corrected chi connectivity index (χ3v) is 3.43. The van der Waals surface area contributed by atoms with Crippen LogP contribution < -0.4 is 0 Å². The van der Waals surface area contributed by atoms with Gasteiger partial charge in [0.1, 0.15) is 0 Å². The zero-order valence-corrected chi connectivity index (χ0v) is 11.2. The van der Waals surface area contributed by atoms with Crippen LogP contribution in [0.25, 0.3) is 11.1 Å². The molecule has 0 saturated heterocycles. The summed E-state index contributed by atoms with van der Waals surface area (Å²) in [6.07, 6.45) is 1.05. The van der Waals surface area contributed by atoms with Gasteiger partial charge in [0.05, 0.1) is 0 Å². The molecule has 0 spiro atoms. The lowest BCUT2D eigenvalue weighted by atomic mass is 9.94. The predicted octanol–water partition coefficient (Wildman–Crippen LogP) is 4.43. The Morgan fingerprint density at radius 2 is 1.72 bits per heavy atom. The Bertz CT molecular complexity index is 565. The van der Waals surface area contributed by atoms with Gasteiger partial charge in [-0.25, -0.2) is 0 Å². The molecular formula is C17H18O. The van der Waals surface area contributed by atoms with Gasteiger partial charge in [-0.15, -0.1) is 0 Å². The largest absolute Gasteiger partial charge is 0.295 e. The van der Waals surface area contributed by atoms with Crippen LogP contribution in [0.4, 0.5) is 0 Å². The Morgan fingerprint density at radius 3 is 2.28 bits per heavy atom. The van der Waals surface area contributed by atoms with E-state index in [1.807, 2.05) is 24.3 Å². The molecule has 18 heavy (non-hydrogen) atoms.